The molecule has 0 aliphatic carbocycles. The highest BCUT2D eigenvalue weighted by Crippen LogP contribution is 2.27. The molecule has 0 amide bonds. The van der Waals surface area contributed by atoms with Gasteiger partial charge in [0.05, 0.1) is 0 Å². The second-order valence-corrected chi connectivity index (χ2v) is 4.50. The van der Waals surface area contributed by atoms with Crippen molar-refractivity contribution < 1.29 is 0 Å². The Morgan fingerprint density at radius 2 is 1.69 bits per heavy atom. The number of rotatable bonds is 4. The minimum Gasteiger partial charge on any atom is -0.0654 e. The molecule has 2 aromatic carbocycles. The van der Waals surface area contributed by atoms with Crippen molar-refractivity contribution in [3.8, 4) is 0 Å². The Morgan fingerprint density at radius 1 is 0.938 bits per heavy atom. The first-order chi connectivity index (χ1) is 7.85. The average Bonchev–Trinajstić information content (AvgIpc) is 2.35. The van der Waals surface area contributed by atoms with Crippen LogP contribution in [0.5, 0.6) is 0 Å². The van der Waals surface area contributed by atoms with Crippen LogP contribution in [0.15, 0.2) is 42.5 Å². The smallest absolute Gasteiger partial charge is 0.0164 e. The van der Waals surface area contributed by atoms with E-state index in [9.17, 15) is 0 Å². The molecule has 2 rings (SSSR count). The summed E-state index contributed by atoms with van der Waals surface area (Å²) in [5.74, 6) is 0.731. The highest BCUT2D eigenvalue weighted by molar-refractivity contribution is 5.83. The Morgan fingerprint density at radius 3 is 2.38 bits per heavy atom. The lowest BCUT2D eigenvalue weighted by Gasteiger charge is -2.14. The third kappa shape index (κ3) is 2.27. The van der Waals surface area contributed by atoms with Crippen LogP contribution in [0.3, 0.4) is 0 Å². The molecule has 0 nitrogen and oxygen atoms in total. The van der Waals surface area contributed by atoms with Gasteiger partial charge in [0.1, 0.15) is 0 Å². The monoisotopic (exact) mass is 212 g/mol. The molecule has 0 aromatic heterocycles. The zero-order valence-electron chi connectivity index (χ0n) is 10.2. The Labute approximate surface area is 98.3 Å². The first kappa shape index (κ1) is 11.2. The van der Waals surface area contributed by atoms with Crippen molar-refractivity contribution >= 4 is 10.8 Å². The van der Waals surface area contributed by atoms with Gasteiger partial charge in [0.25, 0.3) is 0 Å². The molecule has 0 saturated carbocycles. The molecule has 0 heteroatoms. The second kappa shape index (κ2) is 5.16. The fourth-order valence-corrected chi connectivity index (χ4v) is 2.42. The third-order valence-corrected chi connectivity index (χ3v) is 3.37. The minimum absolute atomic E-state index is 0.731. The van der Waals surface area contributed by atoms with Crippen LogP contribution in [0, 0.1) is 0 Å². The van der Waals surface area contributed by atoms with Gasteiger partial charge >= 0.3 is 0 Å². The van der Waals surface area contributed by atoms with Crippen LogP contribution in [0.25, 0.3) is 10.8 Å². The predicted octanol–water partition coefficient (Wildman–Crippen LogP) is 5.13. The minimum atomic E-state index is 0.731. The van der Waals surface area contributed by atoms with Crippen molar-refractivity contribution in [3.63, 3.8) is 0 Å². The Kier molecular flexibility index (Phi) is 3.61. The Bertz CT molecular complexity index is 456. The highest BCUT2D eigenvalue weighted by atomic mass is 14.1. The van der Waals surface area contributed by atoms with E-state index in [1.165, 1.54) is 35.6 Å². The first-order valence-electron chi connectivity index (χ1n) is 6.33. The van der Waals surface area contributed by atoms with Crippen molar-refractivity contribution in [2.24, 2.45) is 0 Å². The fraction of sp³-hybridized carbons (Fsp3) is 0.375. The summed E-state index contributed by atoms with van der Waals surface area (Å²) in [6.07, 6.45) is 3.81. The van der Waals surface area contributed by atoms with Crippen LogP contribution in [0.2, 0.25) is 0 Å². The topological polar surface area (TPSA) is 0 Å². The summed E-state index contributed by atoms with van der Waals surface area (Å²) in [6.45, 7) is 4.55. The SMILES string of the molecule is CCCC(CC)c1ccc2ccccc2c1. The van der Waals surface area contributed by atoms with Crippen molar-refractivity contribution in [3.05, 3.63) is 48.0 Å². The molecule has 84 valence electrons. The maximum atomic E-state index is 2.36. The quantitative estimate of drug-likeness (QED) is 0.658. The molecule has 0 N–H and O–H groups in total. The molecule has 0 aliphatic rings. The van der Waals surface area contributed by atoms with Crippen molar-refractivity contribution in [1.29, 1.82) is 0 Å². The lowest BCUT2D eigenvalue weighted by atomic mass is 9.91. The molecule has 0 saturated heterocycles. The number of benzene rings is 2. The van der Waals surface area contributed by atoms with Gasteiger partial charge in [0, 0.05) is 0 Å². The van der Waals surface area contributed by atoms with Crippen molar-refractivity contribution in [2.75, 3.05) is 0 Å². The molecule has 0 heterocycles. The summed E-state index contributed by atoms with van der Waals surface area (Å²) in [6, 6.07) is 15.5. The van der Waals surface area contributed by atoms with E-state index >= 15 is 0 Å². The predicted molar refractivity (Wildman–Crippen MR) is 71.9 cm³/mol. The molecule has 1 atom stereocenters. The largest absolute Gasteiger partial charge is 0.0654 e. The van der Waals surface area contributed by atoms with Gasteiger partial charge in [-0.2, -0.15) is 0 Å². The van der Waals surface area contributed by atoms with Gasteiger partial charge in [-0.05, 0) is 35.1 Å². The second-order valence-electron chi connectivity index (χ2n) is 4.50. The van der Waals surface area contributed by atoms with E-state index in [0.717, 1.165) is 5.92 Å². The van der Waals surface area contributed by atoms with E-state index in [0.29, 0.717) is 0 Å². The Balaban J connectivity index is 2.37. The highest BCUT2D eigenvalue weighted by Gasteiger charge is 2.08. The molecular formula is C16H20. The molecule has 0 spiro atoms. The molecule has 0 fully saturated rings. The first-order valence-corrected chi connectivity index (χ1v) is 6.33. The van der Waals surface area contributed by atoms with E-state index in [1.807, 2.05) is 0 Å². The van der Waals surface area contributed by atoms with Gasteiger partial charge in [-0.3, -0.25) is 0 Å². The molecule has 16 heavy (non-hydrogen) atoms. The molecule has 0 bridgehead atoms. The van der Waals surface area contributed by atoms with Gasteiger partial charge in [0.2, 0.25) is 0 Å². The maximum Gasteiger partial charge on any atom is -0.0164 e. The molecule has 0 radical (unpaired) electrons. The van der Waals surface area contributed by atoms with Gasteiger partial charge in [-0.1, -0.05) is 62.7 Å². The summed E-state index contributed by atoms with van der Waals surface area (Å²) in [5, 5.41) is 2.71. The summed E-state index contributed by atoms with van der Waals surface area (Å²) in [5.41, 5.74) is 1.50. The van der Waals surface area contributed by atoms with Crippen LogP contribution in [-0.4, -0.2) is 0 Å². The lowest BCUT2D eigenvalue weighted by Crippen LogP contribution is -1.96. The van der Waals surface area contributed by atoms with E-state index in [4.69, 9.17) is 0 Å². The lowest BCUT2D eigenvalue weighted by molar-refractivity contribution is 0.596. The van der Waals surface area contributed by atoms with Crippen LogP contribution < -0.4 is 0 Å². The van der Waals surface area contributed by atoms with Gasteiger partial charge in [-0.25, -0.2) is 0 Å². The number of hydrogen-bond donors (Lipinski definition) is 0. The molecular weight excluding hydrogens is 192 g/mol. The maximum absolute atomic E-state index is 2.36. The van der Waals surface area contributed by atoms with Crippen molar-refractivity contribution in [2.45, 2.75) is 39.0 Å². The van der Waals surface area contributed by atoms with Crippen molar-refractivity contribution in [1.82, 2.24) is 0 Å². The van der Waals surface area contributed by atoms with Gasteiger partial charge in [-0.15, -0.1) is 0 Å². The van der Waals surface area contributed by atoms with E-state index in [-0.39, 0.29) is 0 Å². The fourth-order valence-electron chi connectivity index (χ4n) is 2.42. The Hall–Kier alpha value is -1.30. The summed E-state index contributed by atoms with van der Waals surface area (Å²) in [4.78, 5) is 0. The molecule has 0 aliphatic heterocycles. The van der Waals surface area contributed by atoms with Crippen LogP contribution in [-0.2, 0) is 0 Å². The zero-order valence-corrected chi connectivity index (χ0v) is 10.2. The van der Waals surface area contributed by atoms with Crippen LogP contribution in [0.4, 0.5) is 0 Å². The molecule has 1 unspecified atom stereocenters. The third-order valence-electron chi connectivity index (χ3n) is 3.37. The molecule has 2 aromatic rings. The van der Waals surface area contributed by atoms with E-state index in [1.54, 1.807) is 0 Å². The van der Waals surface area contributed by atoms with Crippen LogP contribution in [0.1, 0.15) is 44.6 Å². The summed E-state index contributed by atoms with van der Waals surface area (Å²) in [7, 11) is 0. The van der Waals surface area contributed by atoms with Gasteiger partial charge in [0.15, 0.2) is 0 Å². The van der Waals surface area contributed by atoms with E-state index < -0.39 is 0 Å². The van der Waals surface area contributed by atoms with E-state index in [2.05, 4.69) is 56.3 Å². The zero-order chi connectivity index (χ0) is 11.4. The van der Waals surface area contributed by atoms with Gasteiger partial charge < -0.3 is 0 Å². The summed E-state index contributed by atoms with van der Waals surface area (Å²) < 4.78 is 0. The average molecular weight is 212 g/mol. The normalized spacial score (nSPS) is 12.9. The summed E-state index contributed by atoms with van der Waals surface area (Å²) >= 11 is 0. The number of fused-ring (bicyclic) bond motifs is 1. The number of hydrogen-bond acceptors (Lipinski definition) is 0. The van der Waals surface area contributed by atoms with Crippen LogP contribution >= 0.6 is 0 Å². The standard InChI is InChI=1S/C16H20/c1-3-7-13(4-2)16-11-10-14-8-5-6-9-15(14)12-16/h5-6,8-13H,3-4,7H2,1-2H3.